The number of anilines is 1. The van der Waals surface area contributed by atoms with Crippen LogP contribution in [0.25, 0.3) is 0 Å². The Morgan fingerprint density at radius 1 is 1.15 bits per heavy atom. The molecule has 0 saturated carbocycles. The van der Waals surface area contributed by atoms with Gasteiger partial charge >= 0.3 is 0 Å². The zero-order valence-electron chi connectivity index (χ0n) is 16.3. The number of likely N-dealkylation sites (tertiary alicyclic amines) is 1. The Labute approximate surface area is 162 Å². The molecule has 27 heavy (non-hydrogen) atoms. The van der Waals surface area contributed by atoms with Crippen LogP contribution in [0.3, 0.4) is 0 Å². The second kappa shape index (κ2) is 9.97. The maximum absolute atomic E-state index is 5.06. The van der Waals surface area contributed by atoms with Gasteiger partial charge in [-0.05, 0) is 29.7 Å². The number of hydrogen-bond donors (Lipinski definition) is 2. The van der Waals surface area contributed by atoms with Crippen molar-refractivity contribution in [3.63, 3.8) is 0 Å². The van der Waals surface area contributed by atoms with Crippen molar-refractivity contribution in [1.29, 1.82) is 0 Å². The zero-order chi connectivity index (χ0) is 18.9. The summed E-state index contributed by atoms with van der Waals surface area (Å²) < 4.78 is 5.06. The fourth-order valence-electron chi connectivity index (χ4n) is 3.50. The van der Waals surface area contributed by atoms with E-state index in [-0.39, 0.29) is 0 Å². The van der Waals surface area contributed by atoms with E-state index >= 15 is 0 Å². The van der Waals surface area contributed by atoms with E-state index in [4.69, 9.17) is 4.74 Å². The molecular formula is C22H30N4O. The van der Waals surface area contributed by atoms with Gasteiger partial charge < -0.3 is 20.3 Å². The molecule has 1 heterocycles. The maximum atomic E-state index is 5.06. The standard InChI is InChI=1S/C22H30N4O/c1-23-22(26-14-12-20(17-26)19-6-4-3-5-7-19)25-16-18-8-10-21(11-9-18)24-13-15-27-2/h3-11,20,24H,12-17H2,1-2H3,(H,23,25). The molecule has 2 aromatic rings. The van der Waals surface area contributed by atoms with Crippen LogP contribution in [0.1, 0.15) is 23.5 Å². The first-order chi connectivity index (χ1) is 13.3. The molecule has 0 amide bonds. The van der Waals surface area contributed by atoms with Crippen molar-refractivity contribution in [1.82, 2.24) is 10.2 Å². The molecule has 2 aromatic carbocycles. The van der Waals surface area contributed by atoms with Gasteiger partial charge in [0.15, 0.2) is 5.96 Å². The highest BCUT2D eigenvalue weighted by atomic mass is 16.5. The number of aliphatic imine (C=N–C) groups is 1. The molecule has 5 nitrogen and oxygen atoms in total. The molecule has 2 N–H and O–H groups in total. The van der Waals surface area contributed by atoms with Gasteiger partial charge in [0.25, 0.3) is 0 Å². The third kappa shape index (κ3) is 5.47. The van der Waals surface area contributed by atoms with E-state index in [0.717, 1.165) is 37.8 Å². The van der Waals surface area contributed by atoms with Crippen LogP contribution in [0.5, 0.6) is 0 Å². The lowest BCUT2D eigenvalue weighted by Crippen LogP contribution is -2.39. The van der Waals surface area contributed by atoms with E-state index in [0.29, 0.717) is 12.5 Å². The molecule has 5 heteroatoms. The largest absolute Gasteiger partial charge is 0.383 e. The van der Waals surface area contributed by atoms with Crippen molar-refractivity contribution >= 4 is 11.6 Å². The minimum absolute atomic E-state index is 0.585. The second-order valence-electron chi connectivity index (χ2n) is 6.86. The fraction of sp³-hybridized carbons (Fsp3) is 0.409. The highest BCUT2D eigenvalue weighted by molar-refractivity contribution is 5.80. The molecule has 0 spiro atoms. The summed E-state index contributed by atoms with van der Waals surface area (Å²) in [5.41, 5.74) is 3.78. The topological polar surface area (TPSA) is 48.9 Å². The van der Waals surface area contributed by atoms with Crippen molar-refractivity contribution in [3.8, 4) is 0 Å². The first-order valence-electron chi connectivity index (χ1n) is 9.62. The van der Waals surface area contributed by atoms with Gasteiger partial charge in [-0.2, -0.15) is 0 Å². The van der Waals surface area contributed by atoms with E-state index in [1.807, 2.05) is 7.05 Å². The molecule has 1 atom stereocenters. The van der Waals surface area contributed by atoms with Gasteiger partial charge in [0.2, 0.25) is 0 Å². The molecule has 1 fully saturated rings. The molecule has 144 valence electrons. The van der Waals surface area contributed by atoms with Crippen molar-refractivity contribution < 1.29 is 4.74 Å². The number of ether oxygens (including phenoxy) is 1. The first kappa shape index (κ1) is 19.2. The van der Waals surface area contributed by atoms with Crippen LogP contribution < -0.4 is 10.6 Å². The van der Waals surface area contributed by atoms with E-state index in [9.17, 15) is 0 Å². The second-order valence-corrected chi connectivity index (χ2v) is 6.86. The van der Waals surface area contributed by atoms with Crippen LogP contribution >= 0.6 is 0 Å². The van der Waals surface area contributed by atoms with Gasteiger partial charge in [0, 0.05) is 51.9 Å². The summed E-state index contributed by atoms with van der Waals surface area (Å²) in [4.78, 5) is 6.85. The summed E-state index contributed by atoms with van der Waals surface area (Å²) >= 11 is 0. The Morgan fingerprint density at radius 2 is 1.93 bits per heavy atom. The summed E-state index contributed by atoms with van der Waals surface area (Å²) in [6, 6.07) is 19.3. The van der Waals surface area contributed by atoms with Crippen LogP contribution in [-0.2, 0) is 11.3 Å². The van der Waals surface area contributed by atoms with Crippen LogP contribution in [0.2, 0.25) is 0 Å². The first-order valence-corrected chi connectivity index (χ1v) is 9.62. The van der Waals surface area contributed by atoms with Gasteiger partial charge in [-0.1, -0.05) is 42.5 Å². The average Bonchev–Trinajstić information content (AvgIpc) is 3.20. The Morgan fingerprint density at radius 3 is 2.63 bits per heavy atom. The number of nitrogens with zero attached hydrogens (tertiary/aromatic N) is 2. The van der Waals surface area contributed by atoms with Gasteiger partial charge in [-0.3, -0.25) is 4.99 Å². The Bertz CT molecular complexity index is 715. The van der Waals surface area contributed by atoms with Crippen LogP contribution in [-0.4, -0.2) is 51.3 Å². The van der Waals surface area contributed by atoms with Crippen LogP contribution in [0.4, 0.5) is 5.69 Å². The Kier molecular flexibility index (Phi) is 7.11. The predicted octanol–water partition coefficient (Wildman–Crippen LogP) is 3.31. The molecule has 1 aliphatic rings. The monoisotopic (exact) mass is 366 g/mol. The molecule has 1 aliphatic heterocycles. The molecule has 0 aliphatic carbocycles. The van der Waals surface area contributed by atoms with Crippen molar-refractivity contribution in [3.05, 3.63) is 65.7 Å². The van der Waals surface area contributed by atoms with Crippen molar-refractivity contribution in [2.24, 2.45) is 4.99 Å². The quantitative estimate of drug-likeness (QED) is 0.448. The maximum Gasteiger partial charge on any atom is 0.193 e. The van der Waals surface area contributed by atoms with Gasteiger partial charge in [-0.25, -0.2) is 0 Å². The summed E-state index contributed by atoms with van der Waals surface area (Å²) in [6.07, 6.45) is 1.17. The molecule has 0 radical (unpaired) electrons. The fourth-order valence-corrected chi connectivity index (χ4v) is 3.50. The third-order valence-corrected chi connectivity index (χ3v) is 5.01. The van der Waals surface area contributed by atoms with Crippen molar-refractivity contribution in [2.45, 2.75) is 18.9 Å². The molecule has 3 rings (SSSR count). The average molecular weight is 367 g/mol. The number of guanidine groups is 1. The minimum Gasteiger partial charge on any atom is -0.383 e. The highest BCUT2D eigenvalue weighted by Crippen LogP contribution is 2.26. The SMILES string of the molecule is CN=C(NCc1ccc(NCCOC)cc1)N1CCC(c2ccccc2)C1. The highest BCUT2D eigenvalue weighted by Gasteiger charge is 2.25. The number of rotatable bonds is 7. The molecule has 1 unspecified atom stereocenters. The normalized spacial score (nSPS) is 17.2. The molecule has 1 saturated heterocycles. The summed E-state index contributed by atoms with van der Waals surface area (Å²) in [5.74, 6) is 1.57. The summed E-state index contributed by atoms with van der Waals surface area (Å²) in [7, 11) is 3.58. The smallest absolute Gasteiger partial charge is 0.193 e. The van der Waals surface area contributed by atoms with E-state index < -0.39 is 0 Å². The van der Waals surface area contributed by atoms with Gasteiger partial charge in [-0.15, -0.1) is 0 Å². The number of nitrogens with one attached hydrogen (secondary N) is 2. The van der Waals surface area contributed by atoms with Gasteiger partial charge in [0.1, 0.15) is 0 Å². The number of methoxy groups -OCH3 is 1. The van der Waals surface area contributed by atoms with Crippen LogP contribution in [0, 0.1) is 0 Å². The lowest BCUT2D eigenvalue weighted by molar-refractivity contribution is 0.211. The number of hydrogen-bond acceptors (Lipinski definition) is 3. The molecule has 0 bridgehead atoms. The zero-order valence-corrected chi connectivity index (χ0v) is 16.3. The molecule has 0 aromatic heterocycles. The predicted molar refractivity (Wildman–Crippen MR) is 112 cm³/mol. The van der Waals surface area contributed by atoms with E-state index in [1.165, 1.54) is 17.5 Å². The molecular weight excluding hydrogens is 336 g/mol. The Hall–Kier alpha value is -2.53. The summed E-state index contributed by atoms with van der Waals surface area (Å²) in [5, 5.41) is 6.84. The van der Waals surface area contributed by atoms with Crippen molar-refractivity contribution in [2.75, 3.05) is 45.7 Å². The Balaban J connectivity index is 1.49. The van der Waals surface area contributed by atoms with E-state index in [2.05, 4.69) is 75.1 Å². The lowest BCUT2D eigenvalue weighted by atomic mass is 9.99. The lowest BCUT2D eigenvalue weighted by Gasteiger charge is -2.22. The number of benzene rings is 2. The minimum atomic E-state index is 0.585. The van der Waals surface area contributed by atoms with Gasteiger partial charge in [0.05, 0.1) is 6.61 Å². The summed E-state index contributed by atoms with van der Waals surface area (Å²) in [6.45, 7) is 4.36. The van der Waals surface area contributed by atoms with Crippen LogP contribution in [0.15, 0.2) is 59.6 Å². The van der Waals surface area contributed by atoms with E-state index in [1.54, 1.807) is 7.11 Å². The third-order valence-electron chi connectivity index (χ3n) is 5.01.